The maximum Gasteiger partial charge on any atom is 0.254 e. The van der Waals surface area contributed by atoms with Crippen molar-refractivity contribution in [3.8, 4) is 11.5 Å². The molecule has 0 aliphatic rings. The Labute approximate surface area is 147 Å². The van der Waals surface area contributed by atoms with Crippen molar-refractivity contribution in [1.29, 1.82) is 0 Å². The van der Waals surface area contributed by atoms with Crippen molar-refractivity contribution in [2.24, 2.45) is 0 Å². The Bertz CT molecular complexity index is 717. The summed E-state index contributed by atoms with van der Waals surface area (Å²) < 4.78 is 24.1. The fourth-order valence-electron chi connectivity index (χ4n) is 2.52. The van der Waals surface area contributed by atoms with Gasteiger partial charge in [0.1, 0.15) is 17.3 Å². The van der Waals surface area contributed by atoms with Gasteiger partial charge in [0, 0.05) is 12.6 Å². The summed E-state index contributed by atoms with van der Waals surface area (Å²) in [6.45, 7) is 0.351. The van der Waals surface area contributed by atoms with Crippen molar-refractivity contribution >= 4 is 5.91 Å². The van der Waals surface area contributed by atoms with Crippen molar-refractivity contribution in [1.82, 2.24) is 10.2 Å². The molecule has 1 atom stereocenters. The Morgan fingerprint density at radius 1 is 1.08 bits per heavy atom. The first-order valence-electron chi connectivity index (χ1n) is 7.88. The topological polar surface area (TPSA) is 50.8 Å². The maximum atomic E-state index is 14.0. The predicted octanol–water partition coefficient (Wildman–Crippen LogP) is 2.88. The molecule has 0 spiro atoms. The van der Waals surface area contributed by atoms with E-state index in [0.717, 1.165) is 11.3 Å². The van der Waals surface area contributed by atoms with Crippen LogP contribution in [-0.2, 0) is 0 Å². The first kappa shape index (κ1) is 18.7. The van der Waals surface area contributed by atoms with Gasteiger partial charge in [0.15, 0.2) is 0 Å². The number of nitrogens with one attached hydrogen (secondary N) is 1. The van der Waals surface area contributed by atoms with Crippen LogP contribution >= 0.6 is 0 Å². The number of nitrogens with zero attached hydrogens (tertiary/aromatic N) is 1. The van der Waals surface area contributed by atoms with Gasteiger partial charge in [-0.2, -0.15) is 0 Å². The molecule has 1 N–H and O–H groups in total. The summed E-state index contributed by atoms with van der Waals surface area (Å²) in [5.74, 6) is 0.0762. The number of benzene rings is 2. The minimum atomic E-state index is -0.609. The minimum absolute atomic E-state index is 0.00645. The molecule has 2 aromatic carbocycles. The van der Waals surface area contributed by atoms with Crippen molar-refractivity contribution in [3.63, 3.8) is 0 Å². The SMILES string of the molecule is COc1ccc(C(CNC(=O)c2ccc(OC)cc2F)N(C)C)cc1. The van der Waals surface area contributed by atoms with E-state index < -0.39 is 11.7 Å². The normalized spacial score (nSPS) is 11.9. The van der Waals surface area contributed by atoms with E-state index in [4.69, 9.17) is 9.47 Å². The quantitative estimate of drug-likeness (QED) is 0.838. The fourth-order valence-corrected chi connectivity index (χ4v) is 2.52. The molecule has 5 nitrogen and oxygen atoms in total. The molecular formula is C19H23FN2O3. The third-order valence-electron chi connectivity index (χ3n) is 4.00. The fraction of sp³-hybridized carbons (Fsp3) is 0.316. The highest BCUT2D eigenvalue weighted by Gasteiger charge is 2.18. The van der Waals surface area contributed by atoms with Gasteiger partial charge in [0.2, 0.25) is 0 Å². The summed E-state index contributed by atoms with van der Waals surface area (Å²) in [5, 5.41) is 2.79. The summed E-state index contributed by atoms with van der Waals surface area (Å²) in [4.78, 5) is 14.3. The van der Waals surface area contributed by atoms with Crippen LogP contribution < -0.4 is 14.8 Å². The van der Waals surface area contributed by atoms with Crippen LogP contribution in [0.25, 0.3) is 0 Å². The van der Waals surface area contributed by atoms with Crippen LogP contribution in [0.4, 0.5) is 4.39 Å². The van der Waals surface area contributed by atoms with Crippen molar-refractivity contribution in [2.45, 2.75) is 6.04 Å². The lowest BCUT2D eigenvalue weighted by Crippen LogP contribution is -2.34. The van der Waals surface area contributed by atoms with Gasteiger partial charge in [-0.05, 0) is 43.9 Å². The number of carbonyl (C=O) groups is 1. The molecular weight excluding hydrogens is 323 g/mol. The Balaban J connectivity index is 2.08. The standard InChI is InChI=1S/C19H23FN2O3/c1-22(2)18(13-5-7-14(24-3)8-6-13)12-21-19(23)16-10-9-15(25-4)11-17(16)20/h5-11,18H,12H2,1-4H3,(H,21,23). The Hall–Kier alpha value is -2.60. The second-order valence-electron chi connectivity index (χ2n) is 5.81. The van der Waals surface area contributed by atoms with E-state index in [2.05, 4.69) is 5.32 Å². The van der Waals surface area contributed by atoms with E-state index in [1.165, 1.54) is 19.2 Å². The summed E-state index contributed by atoms with van der Waals surface area (Å²) in [5.41, 5.74) is 1.02. The molecule has 0 aromatic heterocycles. The summed E-state index contributed by atoms with van der Waals surface area (Å²) in [6.07, 6.45) is 0. The van der Waals surface area contributed by atoms with Crippen LogP contribution in [0.15, 0.2) is 42.5 Å². The minimum Gasteiger partial charge on any atom is -0.497 e. The molecule has 1 unspecified atom stereocenters. The van der Waals surface area contributed by atoms with Crippen molar-refractivity contribution < 1.29 is 18.7 Å². The van der Waals surface area contributed by atoms with Gasteiger partial charge in [-0.1, -0.05) is 12.1 Å². The highest BCUT2D eigenvalue weighted by molar-refractivity contribution is 5.94. The molecule has 6 heteroatoms. The van der Waals surface area contributed by atoms with Crippen LogP contribution in [0.2, 0.25) is 0 Å². The zero-order chi connectivity index (χ0) is 18.4. The molecule has 2 aromatic rings. The van der Waals surface area contributed by atoms with Gasteiger partial charge in [0.05, 0.1) is 25.8 Å². The third kappa shape index (κ3) is 4.70. The number of hydrogen-bond acceptors (Lipinski definition) is 4. The van der Waals surface area contributed by atoms with Gasteiger partial charge in [-0.25, -0.2) is 4.39 Å². The average Bonchev–Trinajstić information content (AvgIpc) is 2.61. The zero-order valence-corrected chi connectivity index (χ0v) is 14.9. The maximum absolute atomic E-state index is 14.0. The molecule has 0 saturated carbocycles. The molecule has 0 fully saturated rings. The first-order chi connectivity index (χ1) is 12.0. The molecule has 0 bridgehead atoms. The van der Waals surface area contributed by atoms with E-state index >= 15 is 0 Å². The lowest BCUT2D eigenvalue weighted by atomic mass is 10.1. The van der Waals surface area contributed by atoms with Gasteiger partial charge >= 0.3 is 0 Å². The molecule has 0 heterocycles. The zero-order valence-electron chi connectivity index (χ0n) is 14.9. The number of halogens is 1. The van der Waals surface area contributed by atoms with Crippen LogP contribution in [0.3, 0.4) is 0 Å². The molecule has 1 amide bonds. The third-order valence-corrected chi connectivity index (χ3v) is 4.00. The number of carbonyl (C=O) groups excluding carboxylic acids is 1. The first-order valence-corrected chi connectivity index (χ1v) is 7.88. The second kappa shape index (κ2) is 8.48. The van der Waals surface area contributed by atoms with Crippen molar-refractivity contribution in [2.75, 3.05) is 34.9 Å². The number of likely N-dealkylation sites (N-methyl/N-ethyl adjacent to an activating group) is 1. The van der Waals surface area contributed by atoms with Crippen LogP contribution in [0.1, 0.15) is 22.0 Å². The highest BCUT2D eigenvalue weighted by atomic mass is 19.1. The lowest BCUT2D eigenvalue weighted by Gasteiger charge is -2.25. The molecule has 0 aliphatic heterocycles. The van der Waals surface area contributed by atoms with Crippen LogP contribution in [0.5, 0.6) is 11.5 Å². The predicted molar refractivity (Wildman–Crippen MR) is 94.7 cm³/mol. The van der Waals surface area contributed by atoms with E-state index in [9.17, 15) is 9.18 Å². The summed E-state index contributed by atoms with van der Waals surface area (Å²) >= 11 is 0. The second-order valence-corrected chi connectivity index (χ2v) is 5.81. The van der Waals surface area contributed by atoms with Gasteiger partial charge in [-0.3, -0.25) is 4.79 Å². The van der Waals surface area contributed by atoms with Crippen LogP contribution in [-0.4, -0.2) is 45.7 Å². The van der Waals surface area contributed by atoms with E-state index in [-0.39, 0.29) is 11.6 Å². The molecule has 2 rings (SSSR count). The smallest absolute Gasteiger partial charge is 0.254 e. The number of ether oxygens (including phenoxy) is 2. The number of rotatable bonds is 7. The lowest BCUT2D eigenvalue weighted by molar-refractivity contribution is 0.0938. The molecule has 0 saturated heterocycles. The van der Waals surface area contributed by atoms with Crippen LogP contribution in [0, 0.1) is 5.82 Å². The average molecular weight is 346 g/mol. The largest absolute Gasteiger partial charge is 0.497 e. The summed E-state index contributed by atoms with van der Waals surface area (Å²) in [7, 11) is 6.91. The van der Waals surface area contributed by atoms with Gasteiger partial charge in [-0.15, -0.1) is 0 Å². The monoisotopic (exact) mass is 346 g/mol. The number of hydrogen-bond donors (Lipinski definition) is 1. The number of methoxy groups -OCH3 is 2. The van der Waals surface area contributed by atoms with E-state index in [1.54, 1.807) is 13.2 Å². The molecule has 0 aliphatic carbocycles. The molecule has 25 heavy (non-hydrogen) atoms. The van der Waals surface area contributed by atoms with Gasteiger partial charge in [0.25, 0.3) is 5.91 Å². The Kier molecular flexibility index (Phi) is 6.36. The Morgan fingerprint density at radius 2 is 1.68 bits per heavy atom. The van der Waals surface area contributed by atoms with E-state index in [0.29, 0.717) is 12.3 Å². The summed E-state index contributed by atoms with van der Waals surface area (Å²) in [6, 6.07) is 11.8. The van der Waals surface area contributed by atoms with Crippen molar-refractivity contribution in [3.05, 3.63) is 59.4 Å². The molecule has 0 radical (unpaired) electrons. The Morgan fingerprint density at radius 3 is 2.20 bits per heavy atom. The van der Waals surface area contributed by atoms with Gasteiger partial charge < -0.3 is 19.7 Å². The molecule has 134 valence electrons. The van der Waals surface area contributed by atoms with E-state index in [1.807, 2.05) is 43.3 Å². The highest BCUT2D eigenvalue weighted by Crippen LogP contribution is 2.21. The number of amides is 1.